The second-order valence-corrected chi connectivity index (χ2v) is 4.30. The first-order valence-corrected chi connectivity index (χ1v) is 5.82. The Morgan fingerprint density at radius 3 is 2.29 bits per heavy atom. The summed E-state index contributed by atoms with van der Waals surface area (Å²) in [6, 6.07) is 15.1. The topological polar surface area (TPSA) is 35.2 Å². The van der Waals surface area contributed by atoms with Crippen molar-refractivity contribution in [2.45, 2.75) is 13.0 Å². The van der Waals surface area contributed by atoms with Gasteiger partial charge in [-0.05, 0) is 36.8 Å². The zero-order chi connectivity index (χ0) is 12.3. The highest BCUT2D eigenvalue weighted by atomic mass is 35.5. The zero-order valence-corrected chi connectivity index (χ0v) is 10.3. The molecule has 0 saturated carbocycles. The summed E-state index contributed by atoms with van der Waals surface area (Å²) in [5, 5.41) is 0.601. The van der Waals surface area contributed by atoms with Gasteiger partial charge in [0.05, 0.1) is 5.02 Å². The Bertz CT molecular complexity index is 494. The first kappa shape index (κ1) is 12.0. The van der Waals surface area contributed by atoms with Gasteiger partial charge < -0.3 is 10.5 Å². The Kier molecular flexibility index (Phi) is 3.67. The van der Waals surface area contributed by atoms with Crippen LogP contribution in [0.25, 0.3) is 0 Å². The Morgan fingerprint density at radius 1 is 1.06 bits per heavy atom. The van der Waals surface area contributed by atoms with E-state index < -0.39 is 0 Å². The molecule has 0 aromatic heterocycles. The molecule has 2 N–H and O–H groups in total. The normalized spacial score (nSPS) is 12.2. The van der Waals surface area contributed by atoms with Crippen molar-refractivity contribution in [3.05, 3.63) is 59.1 Å². The summed E-state index contributed by atoms with van der Waals surface area (Å²) in [5.74, 6) is 1.41. The highest BCUT2D eigenvalue weighted by molar-refractivity contribution is 6.32. The molecular formula is C14H14ClNO. The predicted molar refractivity (Wildman–Crippen MR) is 70.6 cm³/mol. The molecule has 2 rings (SSSR count). The summed E-state index contributed by atoms with van der Waals surface area (Å²) >= 11 is 6.01. The molecular weight excluding hydrogens is 234 g/mol. The van der Waals surface area contributed by atoms with Crippen LogP contribution in [0.15, 0.2) is 48.5 Å². The summed E-state index contributed by atoms with van der Waals surface area (Å²) in [6.07, 6.45) is 0. The molecule has 2 aromatic carbocycles. The number of hydrogen-bond donors (Lipinski definition) is 1. The largest absolute Gasteiger partial charge is 0.456 e. The van der Waals surface area contributed by atoms with E-state index >= 15 is 0 Å². The predicted octanol–water partition coefficient (Wildman–Crippen LogP) is 4.15. The van der Waals surface area contributed by atoms with Gasteiger partial charge >= 0.3 is 0 Å². The van der Waals surface area contributed by atoms with Crippen molar-refractivity contribution in [1.29, 1.82) is 0 Å². The Balaban J connectivity index is 2.17. The van der Waals surface area contributed by atoms with Gasteiger partial charge in [0.15, 0.2) is 0 Å². The maximum Gasteiger partial charge on any atom is 0.146 e. The number of nitrogens with two attached hydrogens (primary N) is 1. The van der Waals surface area contributed by atoms with Crippen LogP contribution in [-0.4, -0.2) is 0 Å². The minimum atomic E-state index is 0.0318. The molecule has 0 aliphatic carbocycles. The molecule has 0 aliphatic rings. The van der Waals surface area contributed by atoms with E-state index in [-0.39, 0.29) is 6.04 Å². The Labute approximate surface area is 106 Å². The number of ether oxygens (including phenoxy) is 1. The van der Waals surface area contributed by atoms with Crippen LogP contribution in [0.2, 0.25) is 5.02 Å². The van der Waals surface area contributed by atoms with E-state index in [1.165, 1.54) is 0 Å². The molecule has 17 heavy (non-hydrogen) atoms. The summed E-state index contributed by atoms with van der Waals surface area (Å²) in [6.45, 7) is 1.95. The van der Waals surface area contributed by atoms with Crippen LogP contribution in [0.3, 0.4) is 0 Å². The molecule has 1 unspecified atom stereocenters. The molecule has 0 heterocycles. The molecule has 2 aromatic rings. The third-order valence-corrected chi connectivity index (χ3v) is 2.78. The van der Waals surface area contributed by atoms with Gasteiger partial charge in [0, 0.05) is 6.04 Å². The van der Waals surface area contributed by atoms with Crippen LogP contribution in [0.4, 0.5) is 0 Å². The van der Waals surface area contributed by atoms with Crippen molar-refractivity contribution >= 4 is 11.6 Å². The quantitative estimate of drug-likeness (QED) is 0.884. The number of benzene rings is 2. The smallest absolute Gasteiger partial charge is 0.146 e. The fraction of sp³-hybridized carbons (Fsp3) is 0.143. The van der Waals surface area contributed by atoms with E-state index in [1.54, 1.807) is 6.07 Å². The lowest BCUT2D eigenvalue weighted by Gasteiger charge is -2.09. The Hall–Kier alpha value is -1.51. The van der Waals surface area contributed by atoms with E-state index in [0.717, 1.165) is 11.3 Å². The Morgan fingerprint density at radius 2 is 1.71 bits per heavy atom. The lowest BCUT2D eigenvalue weighted by atomic mass is 10.1. The van der Waals surface area contributed by atoms with Crippen molar-refractivity contribution in [3.8, 4) is 11.5 Å². The van der Waals surface area contributed by atoms with Crippen molar-refractivity contribution in [2.75, 3.05) is 0 Å². The lowest BCUT2D eigenvalue weighted by Crippen LogP contribution is -2.04. The van der Waals surface area contributed by atoms with Gasteiger partial charge in [-0.1, -0.05) is 35.9 Å². The van der Waals surface area contributed by atoms with Crippen molar-refractivity contribution < 1.29 is 4.74 Å². The maximum atomic E-state index is 6.01. The van der Waals surface area contributed by atoms with Gasteiger partial charge in [0.25, 0.3) is 0 Å². The first-order chi connectivity index (χ1) is 8.16. The lowest BCUT2D eigenvalue weighted by molar-refractivity contribution is 0.482. The van der Waals surface area contributed by atoms with Crippen LogP contribution in [0.1, 0.15) is 18.5 Å². The molecule has 0 radical (unpaired) electrons. The van der Waals surface area contributed by atoms with Gasteiger partial charge in [0.2, 0.25) is 0 Å². The number of rotatable bonds is 3. The SMILES string of the molecule is CC(N)c1ccc(Oc2ccccc2Cl)cc1. The average molecular weight is 248 g/mol. The van der Waals surface area contributed by atoms with Crippen molar-refractivity contribution in [1.82, 2.24) is 0 Å². The van der Waals surface area contributed by atoms with Crippen LogP contribution in [0.5, 0.6) is 11.5 Å². The fourth-order valence-corrected chi connectivity index (χ4v) is 1.67. The molecule has 0 aliphatic heterocycles. The molecule has 0 amide bonds. The van der Waals surface area contributed by atoms with Crippen LogP contribution >= 0.6 is 11.6 Å². The molecule has 1 atom stereocenters. The molecule has 0 bridgehead atoms. The zero-order valence-electron chi connectivity index (χ0n) is 9.56. The number of hydrogen-bond acceptors (Lipinski definition) is 2. The minimum Gasteiger partial charge on any atom is -0.456 e. The second kappa shape index (κ2) is 5.21. The van der Waals surface area contributed by atoms with E-state index in [2.05, 4.69) is 0 Å². The van der Waals surface area contributed by atoms with Gasteiger partial charge in [-0.25, -0.2) is 0 Å². The summed E-state index contributed by atoms with van der Waals surface area (Å²) in [4.78, 5) is 0. The van der Waals surface area contributed by atoms with Gasteiger partial charge in [-0.2, -0.15) is 0 Å². The molecule has 88 valence electrons. The highest BCUT2D eigenvalue weighted by Gasteiger charge is 2.03. The van der Waals surface area contributed by atoms with Gasteiger partial charge in [0.1, 0.15) is 11.5 Å². The van der Waals surface area contributed by atoms with E-state index in [9.17, 15) is 0 Å². The standard InChI is InChI=1S/C14H14ClNO/c1-10(16)11-6-8-12(9-7-11)17-14-5-3-2-4-13(14)15/h2-10H,16H2,1H3. The average Bonchev–Trinajstić information content (AvgIpc) is 2.33. The first-order valence-electron chi connectivity index (χ1n) is 5.45. The van der Waals surface area contributed by atoms with E-state index in [0.29, 0.717) is 10.8 Å². The van der Waals surface area contributed by atoms with Crippen molar-refractivity contribution in [3.63, 3.8) is 0 Å². The number of para-hydroxylation sites is 1. The summed E-state index contributed by atoms with van der Waals surface area (Å²) < 4.78 is 5.67. The van der Waals surface area contributed by atoms with Crippen LogP contribution in [0, 0.1) is 0 Å². The minimum absolute atomic E-state index is 0.0318. The molecule has 2 nitrogen and oxygen atoms in total. The monoisotopic (exact) mass is 247 g/mol. The second-order valence-electron chi connectivity index (χ2n) is 3.89. The third-order valence-electron chi connectivity index (χ3n) is 2.47. The number of halogens is 1. The highest BCUT2D eigenvalue weighted by Crippen LogP contribution is 2.29. The molecule has 3 heteroatoms. The summed E-state index contributed by atoms with van der Waals surface area (Å²) in [5.41, 5.74) is 6.86. The van der Waals surface area contributed by atoms with Crippen molar-refractivity contribution in [2.24, 2.45) is 5.73 Å². The molecule has 0 saturated heterocycles. The van der Waals surface area contributed by atoms with Gasteiger partial charge in [-0.15, -0.1) is 0 Å². The summed E-state index contributed by atoms with van der Waals surface area (Å²) in [7, 11) is 0. The molecule has 0 fully saturated rings. The van der Waals surface area contributed by atoms with Crippen LogP contribution < -0.4 is 10.5 Å². The fourth-order valence-electron chi connectivity index (χ4n) is 1.49. The third kappa shape index (κ3) is 2.99. The maximum absolute atomic E-state index is 6.01. The van der Waals surface area contributed by atoms with E-state index in [1.807, 2.05) is 49.4 Å². The molecule has 0 spiro atoms. The van der Waals surface area contributed by atoms with Crippen LogP contribution in [-0.2, 0) is 0 Å². The van der Waals surface area contributed by atoms with Gasteiger partial charge in [-0.3, -0.25) is 0 Å². The van der Waals surface area contributed by atoms with E-state index in [4.69, 9.17) is 22.1 Å².